The third-order valence-corrected chi connectivity index (χ3v) is 6.62. The molecule has 34 heavy (non-hydrogen) atoms. The predicted molar refractivity (Wildman–Crippen MR) is 127 cm³/mol. The van der Waals surface area contributed by atoms with E-state index < -0.39 is 0 Å². The van der Waals surface area contributed by atoms with Crippen LogP contribution in [0, 0.1) is 0 Å². The van der Waals surface area contributed by atoms with E-state index in [1.54, 1.807) is 30.9 Å². The minimum atomic E-state index is -0.271. The molecule has 1 saturated carbocycles. The topological polar surface area (TPSA) is 124 Å². The van der Waals surface area contributed by atoms with Crippen molar-refractivity contribution in [3.63, 3.8) is 0 Å². The quantitative estimate of drug-likeness (QED) is 0.482. The summed E-state index contributed by atoms with van der Waals surface area (Å²) < 4.78 is 14.1. The number of anilines is 3. The van der Waals surface area contributed by atoms with Crippen LogP contribution in [0.2, 0.25) is 0 Å². The maximum Gasteiger partial charge on any atom is 0.274 e. The lowest BCUT2D eigenvalue weighted by Gasteiger charge is -2.35. The highest BCUT2D eigenvalue weighted by molar-refractivity contribution is 5.94. The molecule has 0 bridgehead atoms. The van der Waals surface area contributed by atoms with Gasteiger partial charge in [0.25, 0.3) is 11.5 Å². The van der Waals surface area contributed by atoms with Crippen LogP contribution in [-0.4, -0.2) is 64.6 Å². The summed E-state index contributed by atoms with van der Waals surface area (Å²) in [6.07, 6.45) is 6.74. The van der Waals surface area contributed by atoms with Crippen molar-refractivity contribution in [2.75, 3.05) is 38.0 Å². The van der Waals surface area contributed by atoms with Gasteiger partial charge in [0.1, 0.15) is 5.69 Å². The number of hydrogen-bond donors (Lipinski definition) is 3. The Morgan fingerprint density at radius 1 is 1.21 bits per heavy atom. The molecule has 1 saturated heterocycles. The molecule has 0 spiro atoms. The predicted octanol–water partition coefficient (Wildman–Crippen LogP) is 1.93. The summed E-state index contributed by atoms with van der Waals surface area (Å²) in [6.45, 7) is 1.30. The van der Waals surface area contributed by atoms with Crippen molar-refractivity contribution >= 4 is 28.7 Å². The number of ether oxygens (including phenoxy) is 2. The van der Waals surface area contributed by atoms with Crippen LogP contribution in [0.5, 0.6) is 0 Å². The molecule has 0 radical (unpaired) electrons. The van der Waals surface area contributed by atoms with Gasteiger partial charge in [0, 0.05) is 45.7 Å². The van der Waals surface area contributed by atoms with Crippen molar-refractivity contribution < 1.29 is 14.3 Å². The highest BCUT2D eigenvalue weighted by atomic mass is 16.5. The molecule has 1 amide bonds. The van der Waals surface area contributed by atoms with E-state index >= 15 is 0 Å². The number of imidazole rings is 1. The minimum Gasteiger partial charge on any atom is -0.385 e. The van der Waals surface area contributed by atoms with Gasteiger partial charge in [0.05, 0.1) is 24.0 Å². The number of nitrogens with one attached hydrogen (secondary N) is 3. The Hall–Kier alpha value is -3.44. The van der Waals surface area contributed by atoms with E-state index in [9.17, 15) is 9.59 Å². The number of fused-ring (bicyclic) bond motifs is 1. The normalized spacial score (nSPS) is 20.6. The molecule has 5 rings (SSSR count). The maximum absolute atomic E-state index is 13.2. The van der Waals surface area contributed by atoms with Crippen molar-refractivity contribution in [3.05, 3.63) is 46.6 Å². The monoisotopic (exact) mass is 467 g/mol. The standard InChI is InChI=1S/C23H29N7O4/c1-24-17-12-20(26-16-4-3-9-29(23(16)32)14-7-10-34-11-8-14)28-30-18(13-25-21(17)30)22(31)27-15-5-6-19(15)33-2/h3-4,9,12-15,19,24H,5-8,10-11H2,1-2H3,(H,26,28)(H,27,31)/t15-,19-/m0/s1. The number of pyridine rings is 1. The van der Waals surface area contributed by atoms with Gasteiger partial charge in [-0.2, -0.15) is 0 Å². The fourth-order valence-electron chi connectivity index (χ4n) is 4.52. The van der Waals surface area contributed by atoms with Crippen molar-refractivity contribution in [2.24, 2.45) is 0 Å². The minimum absolute atomic E-state index is 0.0252. The largest absolute Gasteiger partial charge is 0.385 e. The molecular weight excluding hydrogens is 438 g/mol. The van der Waals surface area contributed by atoms with Crippen molar-refractivity contribution in [1.29, 1.82) is 0 Å². The van der Waals surface area contributed by atoms with E-state index in [0.29, 0.717) is 41.7 Å². The van der Waals surface area contributed by atoms with Crippen molar-refractivity contribution in [1.82, 2.24) is 24.5 Å². The van der Waals surface area contributed by atoms with Crippen molar-refractivity contribution in [3.8, 4) is 0 Å². The summed E-state index contributed by atoms with van der Waals surface area (Å²) in [5.74, 6) is 0.150. The van der Waals surface area contributed by atoms with Crippen LogP contribution < -0.4 is 21.5 Å². The molecule has 2 atom stereocenters. The molecule has 3 aromatic heterocycles. The highest BCUT2D eigenvalue weighted by Gasteiger charge is 2.33. The zero-order chi connectivity index (χ0) is 23.7. The fourth-order valence-corrected chi connectivity index (χ4v) is 4.52. The van der Waals surface area contributed by atoms with E-state index in [1.807, 2.05) is 12.3 Å². The van der Waals surface area contributed by atoms with Crippen LogP contribution >= 0.6 is 0 Å². The molecular formula is C23H29N7O4. The number of aromatic nitrogens is 4. The number of rotatable bonds is 7. The third-order valence-electron chi connectivity index (χ3n) is 6.62. The molecule has 2 aliphatic rings. The van der Waals surface area contributed by atoms with E-state index in [4.69, 9.17) is 9.47 Å². The van der Waals surface area contributed by atoms with Crippen LogP contribution in [0.1, 0.15) is 42.2 Å². The summed E-state index contributed by atoms with van der Waals surface area (Å²) in [5.41, 5.74) is 1.79. The SMILES string of the molecule is CNc1cc(Nc2cccn(C3CCOCC3)c2=O)nn2c(C(=O)N[C@H]3CC[C@@H]3OC)cnc12. The molecule has 3 aromatic rings. The number of amides is 1. The molecule has 0 unspecified atom stereocenters. The number of nitrogens with zero attached hydrogens (tertiary/aromatic N) is 4. The van der Waals surface area contributed by atoms with Crippen LogP contribution in [0.25, 0.3) is 5.65 Å². The molecule has 2 fully saturated rings. The van der Waals surface area contributed by atoms with Gasteiger partial charge in [-0.15, -0.1) is 5.10 Å². The second-order valence-corrected chi connectivity index (χ2v) is 8.61. The van der Waals surface area contributed by atoms with Gasteiger partial charge in [-0.25, -0.2) is 9.50 Å². The van der Waals surface area contributed by atoms with Gasteiger partial charge in [0.15, 0.2) is 17.2 Å². The summed E-state index contributed by atoms with van der Waals surface area (Å²) in [4.78, 5) is 30.5. The summed E-state index contributed by atoms with van der Waals surface area (Å²) in [7, 11) is 3.42. The van der Waals surface area contributed by atoms with Gasteiger partial charge in [-0.05, 0) is 37.8 Å². The van der Waals surface area contributed by atoms with Crippen LogP contribution in [-0.2, 0) is 9.47 Å². The van der Waals surface area contributed by atoms with Gasteiger partial charge < -0.3 is 30.0 Å². The number of carbonyl (C=O) groups is 1. The zero-order valence-corrected chi connectivity index (χ0v) is 19.3. The third kappa shape index (κ3) is 4.12. The maximum atomic E-state index is 13.2. The lowest BCUT2D eigenvalue weighted by Crippen LogP contribution is -2.51. The fraction of sp³-hybridized carbons (Fsp3) is 0.478. The van der Waals surface area contributed by atoms with E-state index in [1.165, 1.54) is 10.7 Å². The van der Waals surface area contributed by atoms with Crippen molar-refractivity contribution in [2.45, 2.75) is 43.9 Å². The lowest BCUT2D eigenvalue weighted by atomic mass is 9.89. The second kappa shape index (κ2) is 9.43. The Morgan fingerprint density at radius 2 is 2.03 bits per heavy atom. The first kappa shape index (κ1) is 22.4. The molecule has 0 aromatic carbocycles. The highest BCUT2D eigenvalue weighted by Crippen LogP contribution is 2.25. The van der Waals surface area contributed by atoms with Gasteiger partial charge in [-0.1, -0.05) is 0 Å². The molecule has 1 aliphatic heterocycles. The average molecular weight is 468 g/mol. The molecule has 11 heteroatoms. The Balaban J connectivity index is 1.44. The number of hydrogen-bond acceptors (Lipinski definition) is 8. The number of carbonyl (C=O) groups excluding carboxylic acids is 1. The molecule has 180 valence electrons. The van der Waals surface area contributed by atoms with Crippen LogP contribution in [0.4, 0.5) is 17.2 Å². The van der Waals surface area contributed by atoms with Gasteiger partial charge in [-0.3, -0.25) is 9.59 Å². The van der Waals surface area contributed by atoms with Gasteiger partial charge in [0.2, 0.25) is 0 Å². The summed E-state index contributed by atoms with van der Waals surface area (Å²) in [6, 6.07) is 5.42. The summed E-state index contributed by atoms with van der Waals surface area (Å²) in [5, 5.41) is 13.8. The Bertz CT molecular complexity index is 1250. The Labute approximate surface area is 196 Å². The molecule has 3 N–H and O–H groups in total. The lowest BCUT2D eigenvalue weighted by molar-refractivity contribution is 0.00718. The van der Waals surface area contributed by atoms with Crippen LogP contribution in [0.3, 0.4) is 0 Å². The first-order chi connectivity index (χ1) is 16.6. The first-order valence-corrected chi connectivity index (χ1v) is 11.5. The van der Waals surface area contributed by atoms with E-state index in [0.717, 1.165) is 25.7 Å². The van der Waals surface area contributed by atoms with E-state index in [-0.39, 0.29) is 29.7 Å². The van der Waals surface area contributed by atoms with E-state index in [2.05, 4.69) is 26.0 Å². The van der Waals surface area contributed by atoms with Gasteiger partial charge >= 0.3 is 0 Å². The number of methoxy groups -OCH3 is 1. The molecule has 11 nitrogen and oxygen atoms in total. The van der Waals surface area contributed by atoms with Crippen LogP contribution in [0.15, 0.2) is 35.4 Å². The Kier molecular flexibility index (Phi) is 6.20. The Morgan fingerprint density at radius 3 is 2.74 bits per heavy atom. The molecule has 1 aliphatic carbocycles. The first-order valence-electron chi connectivity index (χ1n) is 11.5. The summed E-state index contributed by atoms with van der Waals surface area (Å²) >= 11 is 0. The zero-order valence-electron chi connectivity index (χ0n) is 19.3. The second-order valence-electron chi connectivity index (χ2n) is 8.61. The smallest absolute Gasteiger partial charge is 0.274 e. The average Bonchev–Trinajstić information content (AvgIpc) is 3.27. The molecule has 4 heterocycles.